The summed E-state index contributed by atoms with van der Waals surface area (Å²) in [6.07, 6.45) is 1.80. The fourth-order valence-corrected chi connectivity index (χ4v) is 1.86. The van der Waals surface area contributed by atoms with Crippen molar-refractivity contribution in [2.45, 2.75) is 13.5 Å². The van der Waals surface area contributed by atoms with E-state index in [0.29, 0.717) is 17.1 Å². The molecule has 0 atom stereocenters. The van der Waals surface area contributed by atoms with Crippen molar-refractivity contribution in [1.29, 1.82) is 0 Å². The van der Waals surface area contributed by atoms with Crippen LogP contribution in [-0.4, -0.2) is 9.97 Å². The van der Waals surface area contributed by atoms with Crippen LogP contribution >= 0.6 is 0 Å². The molecule has 2 aromatic heterocycles. The van der Waals surface area contributed by atoms with Crippen molar-refractivity contribution < 1.29 is 4.42 Å². The summed E-state index contributed by atoms with van der Waals surface area (Å²) in [5.41, 5.74) is 10.1. The van der Waals surface area contributed by atoms with Gasteiger partial charge in [0.2, 0.25) is 5.89 Å². The second kappa shape index (κ2) is 4.23. The Kier molecular flexibility index (Phi) is 2.57. The molecule has 4 heteroatoms. The third-order valence-electron chi connectivity index (χ3n) is 2.85. The van der Waals surface area contributed by atoms with E-state index < -0.39 is 0 Å². The van der Waals surface area contributed by atoms with Gasteiger partial charge >= 0.3 is 0 Å². The van der Waals surface area contributed by atoms with Gasteiger partial charge in [-0.15, -0.1) is 0 Å². The molecule has 1 aromatic carbocycles. The van der Waals surface area contributed by atoms with Crippen molar-refractivity contribution in [3.63, 3.8) is 0 Å². The van der Waals surface area contributed by atoms with Crippen LogP contribution in [0, 0.1) is 6.92 Å². The monoisotopic (exact) mass is 239 g/mol. The highest BCUT2D eigenvalue weighted by molar-refractivity contribution is 5.76. The highest BCUT2D eigenvalue weighted by atomic mass is 16.3. The minimum atomic E-state index is 0.288. The maximum Gasteiger partial charge on any atom is 0.210 e. The number of hydrogen-bond acceptors (Lipinski definition) is 4. The van der Waals surface area contributed by atoms with Crippen LogP contribution in [0.4, 0.5) is 0 Å². The zero-order valence-corrected chi connectivity index (χ0v) is 10.1. The lowest BCUT2D eigenvalue weighted by Gasteiger charge is -2.00. The Bertz CT molecular complexity index is 686. The Labute approximate surface area is 104 Å². The quantitative estimate of drug-likeness (QED) is 0.746. The highest BCUT2D eigenvalue weighted by Crippen LogP contribution is 2.23. The molecular weight excluding hydrogens is 226 g/mol. The lowest BCUT2D eigenvalue weighted by Crippen LogP contribution is -1.95. The van der Waals surface area contributed by atoms with Crippen LogP contribution in [0.2, 0.25) is 0 Å². The molecule has 0 fully saturated rings. The van der Waals surface area contributed by atoms with Gasteiger partial charge in [-0.25, -0.2) is 4.98 Å². The smallest absolute Gasteiger partial charge is 0.210 e. The molecule has 4 nitrogen and oxygen atoms in total. The number of pyridine rings is 1. The summed E-state index contributed by atoms with van der Waals surface area (Å²) in [4.78, 5) is 8.47. The maximum absolute atomic E-state index is 5.50. The van der Waals surface area contributed by atoms with Gasteiger partial charge in [0, 0.05) is 11.8 Å². The molecule has 2 N–H and O–H groups in total. The summed E-state index contributed by atoms with van der Waals surface area (Å²) in [6, 6.07) is 10.2. The van der Waals surface area contributed by atoms with Crippen LogP contribution in [0.1, 0.15) is 11.5 Å². The summed E-state index contributed by atoms with van der Waals surface area (Å²) in [7, 11) is 0. The van der Waals surface area contributed by atoms with E-state index in [1.807, 2.05) is 6.07 Å². The van der Waals surface area contributed by atoms with Gasteiger partial charge < -0.3 is 10.2 Å². The lowest BCUT2D eigenvalue weighted by molar-refractivity contribution is 0.533. The van der Waals surface area contributed by atoms with Crippen LogP contribution in [0.25, 0.3) is 22.4 Å². The predicted octanol–water partition coefficient (Wildman–Crippen LogP) is 2.66. The van der Waals surface area contributed by atoms with Gasteiger partial charge in [-0.1, -0.05) is 29.8 Å². The molecule has 3 aromatic rings. The number of hydrogen-bond donors (Lipinski definition) is 1. The molecule has 0 aliphatic heterocycles. The number of aromatic nitrogens is 2. The Morgan fingerprint density at radius 1 is 1.17 bits per heavy atom. The van der Waals surface area contributed by atoms with Gasteiger partial charge in [0.05, 0.1) is 6.54 Å². The first kappa shape index (κ1) is 10.9. The van der Waals surface area contributed by atoms with E-state index in [0.717, 1.165) is 11.1 Å². The van der Waals surface area contributed by atoms with E-state index in [1.165, 1.54) is 5.56 Å². The van der Waals surface area contributed by atoms with Crippen molar-refractivity contribution in [3.05, 3.63) is 48.0 Å². The fraction of sp³-hybridized carbons (Fsp3) is 0.143. The molecule has 0 spiro atoms. The van der Waals surface area contributed by atoms with E-state index in [-0.39, 0.29) is 6.54 Å². The van der Waals surface area contributed by atoms with E-state index in [4.69, 9.17) is 10.2 Å². The lowest BCUT2D eigenvalue weighted by atomic mass is 10.1. The largest absolute Gasteiger partial charge is 0.438 e. The molecule has 18 heavy (non-hydrogen) atoms. The zero-order chi connectivity index (χ0) is 12.5. The Hall–Kier alpha value is -2.20. The van der Waals surface area contributed by atoms with E-state index in [2.05, 4.69) is 41.2 Å². The third-order valence-corrected chi connectivity index (χ3v) is 2.85. The minimum absolute atomic E-state index is 0.288. The van der Waals surface area contributed by atoms with E-state index in [9.17, 15) is 0 Å². The molecule has 0 amide bonds. The normalized spacial score (nSPS) is 11.0. The molecule has 0 saturated carbocycles. The summed E-state index contributed by atoms with van der Waals surface area (Å²) in [6.45, 7) is 2.35. The summed E-state index contributed by atoms with van der Waals surface area (Å²) in [5.74, 6) is 0.513. The fourth-order valence-electron chi connectivity index (χ4n) is 1.86. The standard InChI is InChI=1S/C14H13N3O/c1-9-2-4-10(5-3-9)11-6-12-14(16-8-11)17-13(7-15)18-12/h2-6,8H,7,15H2,1H3. The number of nitrogens with zero attached hydrogens (tertiary/aromatic N) is 2. The molecule has 90 valence electrons. The summed E-state index contributed by atoms with van der Waals surface area (Å²) < 4.78 is 5.50. The van der Waals surface area contributed by atoms with Gasteiger partial charge in [-0.3, -0.25) is 0 Å². The van der Waals surface area contributed by atoms with E-state index in [1.54, 1.807) is 6.20 Å². The molecule has 0 unspecified atom stereocenters. The predicted molar refractivity (Wildman–Crippen MR) is 69.9 cm³/mol. The summed E-state index contributed by atoms with van der Waals surface area (Å²) in [5, 5.41) is 0. The second-order valence-corrected chi connectivity index (χ2v) is 4.22. The molecule has 0 bridgehead atoms. The average Bonchev–Trinajstić information content (AvgIpc) is 2.81. The van der Waals surface area contributed by atoms with Crippen LogP contribution in [-0.2, 0) is 6.54 Å². The van der Waals surface area contributed by atoms with Gasteiger partial charge in [-0.05, 0) is 18.6 Å². The third kappa shape index (κ3) is 1.87. The number of fused-ring (bicyclic) bond motifs is 1. The highest BCUT2D eigenvalue weighted by Gasteiger charge is 2.07. The first-order chi connectivity index (χ1) is 8.76. The topological polar surface area (TPSA) is 64.9 Å². The van der Waals surface area contributed by atoms with Crippen LogP contribution in [0.15, 0.2) is 40.9 Å². The number of rotatable bonds is 2. The molecule has 3 rings (SSSR count). The molecule has 0 aliphatic rings. The Balaban J connectivity index is 2.09. The van der Waals surface area contributed by atoms with Gasteiger partial charge in [-0.2, -0.15) is 4.98 Å². The van der Waals surface area contributed by atoms with Gasteiger partial charge in [0.1, 0.15) is 0 Å². The Morgan fingerprint density at radius 2 is 1.94 bits per heavy atom. The van der Waals surface area contributed by atoms with Gasteiger partial charge in [0.15, 0.2) is 11.2 Å². The van der Waals surface area contributed by atoms with Crippen LogP contribution in [0.3, 0.4) is 0 Å². The minimum Gasteiger partial charge on any atom is -0.438 e. The molecule has 0 aliphatic carbocycles. The number of aryl methyl sites for hydroxylation is 1. The number of benzene rings is 1. The zero-order valence-electron chi connectivity index (χ0n) is 10.1. The average molecular weight is 239 g/mol. The SMILES string of the molecule is Cc1ccc(-c2cnc3nc(CN)oc3c2)cc1. The number of nitrogens with two attached hydrogens (primary N) is 1. The molecule has 0 saturated heterocycles. The van der Waals surface area contributed by atoms with Crippen molar-refractivity contribution >= 4 is 11.2 Å². The van der Waals surface area contributed by atoms with Crippen molar-refractivity contribution in [3.8, 4) is 11.1 Å². The van der Waals surface area contributed by atoms with Crippen molar-refractivity contribution in [1.82, 2.24) is 9.97 Å². The van der Waals surface area contributed by atoms with Gasteiger partial charge in [0.25, 0.3) is 0 Å². The Morgan fingerprint density at radius 3 is 2.67 bits per heavy atom. The van der Waals surface area contributed by atoms with Crippen molar-refractivity contribution in [2.24, 2.45) is 5.73 Å². The molecular formula is C14H13N3O. The molecule has 0 radical (unpaired) electrons. The van der Waals surface area contributed by atoms with E-state index >= 15 is 0 Å². The first-order valence-corrected chi connectivity index (χ1v) is 5.79. The second-order valence-electron chi connectivity index (χ2n) is 4.22. The van der Waals surface area contributed by atoms with Crippen molar-refractivity contribution in [2.75, 3.05) is 0 Å². The van der Waals surface area contributed by atoms with Crippen LogP contribution in [0.5, 0.6) is 0 Å². The summed E-state index contributed by atoms with van der Waals surface area (Å²) >= 11 is 0. The maximum atomic E-state index is 5.50. The van der Waals surface area contributed by atoms with Crippen LogP contribution < -0.4 is 5.73 Å². The molecule has 2 heterocycles. The first-order valence-electron chi connectivity index (χ1n) is 5.79. The number of oxazole rings is 1.